The number of ether oxygens (including phenoxy) is 3. The number of rotatable bonds is 6. The highest BCUT2D eigenvalue weighted by Crippen LogP contribution is 2.27. The van der Waals surface area contributed by atoms with Gasteiger partial charge in [0.2, 0.25) is 0 Å². The molecule has 0 radical (unpaired) electrons. The van der Waals surface area contributed by atoms with Crippen LogP contribution < -0.4 is 9.47 Å². The van der Waals surface area contributed by atoms with Crippen LogP contribution in [0.25, 0.3) is 0 Å². The molecular formula is C12H13NO6. The van der Waals surface area contributed by atoms with Crippen molar-refractivity contribution in [2.45, 2.75) is 6.92 Å². The van der Waals surface area contributed by atoms with Crippen LogP contribution in [-0.4, -0.2) is 24.6 Å². The van der Waals surface area contributed by atoms with Gasteiger partial charge in [0.05, 0.1) is 43.1 Å². The lowest BCUT2D eigenvalue weighted by Gasteiger charge is -2.04. The van der Waals surface area contributed by atoms with E-state index in [2.05, 4.69) is 4.74 Å². The molecule has 1 aromatic rings. The van der Waals surface area contributed by atoms with Crippen molar-refractivity contribution in [3.05, 3.63) is 40.7 Å². The molecule has 0 amide bonds. The molecule has 0 heterocycles. The molecule has 0 bridgehead atoms. The number of non-ortho nitro benzene ring substituents is 1. The topological polar surface area (TPSA) is 87.9 Å². The Hall–Kier alpha value is -2.57. The number of methoxy groups -OCH3 is 1. The molecule has 102 valence electrons. The van der Waals surface area contributed by atoms with E-state index in [1.165, 1.54) is 25.3 Å². The number of esters is 1. The van der Waals surface area contributed by atoms with Crippen LogP contribution in [0.4, 0.5) is 5.69 Å². The third-order valence-corrected chi connectivity index (χ3v) is 2.01. The quantitative estimate of drug-likeness (QED) is 0.258. The Morgan fingerprint density at radius 3 is 2.63 bits per heavy atom. The van der Waals surface area contributed by atoms with Gasteiger partial charge in [0.1, 0.15) is 11.5 Å². The van der Waals surface area contributed by atoms with Crippen molar-refractivity contribution in [2.24, 2.45) is 0 Å². The third kappa shape index (κ3) is 4.66. The molecule has 0 saturated heterocycles. The second kappa shape index (κ2) is 7.00. The van der Waals surface area contributed by atoms with E-state index in [-0.39, 0.29) is 23.8 Å². The van der Waals surface area contributed by atoms with E-state index in [1.54, 1.807) is 6.92 Å². The second-order valence-corrected chi connectivity index (χ2v) is 3.30. The molecule has 0 N–H and O–H groups in total. The predicted molar refractivity (Wildman–Crippen MR) is 66.0 cm³/mol. The average Bonchev–Trinajstić information content (AvgIpc) is 2.38. The van der Waals surface area contributed by atoms with E-state index in [9.17, 15) is 14.9 Å². The molecule has 0 saturated carbocycles. The van der Waals surface area contributed by atoms with E-state index in [4.69, 9.17) is 9.47 Å². The summed E-state index contributed by atoms with van der Waals surface area (Å²) in [6.07, 6.45) is 2.17. The van der Waals surface area contributed by atoms with Gasteiger partial charge in [0, 0.05) is 6.07 Å². The molecule has 0 aliphatic rings. The fourth-order valence-electron chi connectivity index (χ4n) is 1.21. The molecule has 7 nitrogen and oxygen atoms in total. The molecule has 0 aliphatic heterocycles. The van der Waals surface area contributed by atoms with Gasteiger partial charge in [-0.2, -0.15) is 0 Å². The van der Waals surface area contributed by atoms with Gasteiger partial charge in [-0.05, 0) is 6.92 Å². The molecule has 1 aromatic carbocycles. The van der Waals surface area contributed by atoms with Crippen LogP contribution in [0, 0.1) is 10.1 Å². The Morgan fingerprint density at radius 1 is 1.37 bits per heavy atom. The first-order chi connectivity index (χ1) is 9.06. The molecule has 0 spiro atoms. The molecule has 0 aromatic heterocycles. The van der Waals surface area contributed by atoms with Crippen molar-refractivity contribution < 1.29 is 23.9 Å². The van der Waals surface area contributed by atoms with Crippen molar-refractivity contribution in [3.8, 4) is 11.5 Å². The maximum Gasteiger partial charge on any atom is 0.333 e. The maximum atomic E-state index is 11.0. The number of carbonyl (C=O) groups is 1. The lowest BCUT2D eigenvalue weighted by atomic mass is 10.3. The highest BCUT2D eigenvalue weighted by Gasteiger charge is 2.10. The van der Waals surface area contributed by atoms with E-state index >= 15 is 0 Å². The largest absolute Gasteiger partial charge is 0.496 e. The average molecular weight is 267 g/mol. The van der Waals surface area contributed by atoms with Gasteiger partial charge >= 0.3 is 5.97 Å². The summed E-state index contributed by atoms with van der Waals surface area (Å²) >= 11 is 0. The van der Waals surface area contributed by atoms with Gasteiger partial charge in [-0.15, -0.1) is 0 Å². The minimum absolute atomic E-state index is 0.168. The number of hydrogen-bond donors (Lipinski definition) is 0. The molecule has 0 aliphatic carbocycles. The van der Waals surface area contributed by atoms with Crippen LogP contribution in [0.1, 0.15) is 6.92 Å². The number of benzene rings is 1. The Kier molecular flexibility index (Phi) is 5.34. The van der Waals surface area contributed by atoms with Gasteiger partial charge in [0.25, 0.3) is 5.69 Å². The van der Waals surface area contributed by atoms with Crippen molar-refractivity contribution in [1.82, 2.24) is 0 Å². The standard InChI is InChI=1S/C12H13NO6/c1-3-18-12(14)4-5-19-11-7-9(13(15)16)6-10(8-11)17-2/h4-8H,3H2,1-2H3. The zero-order chi connectivity index (χ0) is 14.3. The number of nitro benzene ring substituents is 1. The van der Waals surface area contributed by atoms with Crippen molar-refractivity contribution in [3.63, 3.8) is 0 Å². The Balaban J connectivity index is 2.80. The summed E-state index contributed by atoms with van der Waals surface area (Å²) < 4.78 is 14.6. The SMILES string of the molecule is CCOC(=O)C=COc1cc(OC)cc([N+](=O)[O-])c1. The Bertz CT molecular complexity index is 497. The normalized spacial score (nSPS) is 10.2. The van der Waals surface area contributed by atoms with Crippen LogP contribution in [-0.2, 0) is 9.53 Å². The zero-order valence-corrected chi connectivity index (χ0v) is 10.5. The summed E-state index contributed by atoms with van der Waals surface area (Å²) in [6, 6.07) is 3.95. The summed E-state index contributed by atoms with van der Waals surface area (Å²) in [5, 5.41) is 10.7. The highest BCUT2D eigenvalue weighted by molar-refractivity contribution is 5.81. The highest BCUT2D eigenvalue weighted by atomic mass is 16.6. The fourth-order valence-corrected chi connectivity index (χ4v) is 1.21. The first-order valence-electron chi connectivity index (χ1n) is 5.40. The molecular weight excluding hydrogens is 254 g/mol. The summed E-state index contributed by atoms with van der Waals surface area (Å²) in [5.41, 5.74) is -0.168. The van der Waals surface area contributed by atoms with E-state index in [0.29, 0.717) is 0 Å². The lowest BCUT2D eigenvalue weighted by molar-refractivity contribution is -0.385. The number of hydrogen-bond acceptors (Lipinski definition) is 6. The monoisotopic (exact) mass is 267 g/mol. The summed E-state index contributed by atoms with van der Waals surface area (Å²) in [7, 11) is 1.39. The second-order valence-electron chi connectivity index (χ2n) is 3.30. The zero-order valence-electron chi connectivity index (χ0n) is 10.5. The summed E-state index contributed by atoms with van der Waals surface area (Å²) in [6.45, 7) is 1.94. The molecule has 0 fully saturated rings. The smallest absolute Gasteiger partial charge is 0.333 e. The van der Waals surface area contributed by atoms with Gasteiger partial charge in [0.15, 0.2) is 0 Å². The first kappa shape index (κ1) is 14.5. The Labute approximate surface area is 109 Å². The predicted octanol–water partition coefficient (Wildman–Crippen LogP) is 2.06. The van der Waals surface area contributed by atoms with Crippen molar-refractivity contribution in [2.75, 3.05) is 13.7 Å². The van der Waals surface area contributed by atoms with E-state index in [1.807, 2.05) is 0 Å². The minimum Gasteiger partial charge on any atom is -0.496 e. The number of carbonyl (C=O) groups excluding carboxylic acids is 1. The van der Waals surface area contributed by atoms with Gasteiger partial charge in [-0.25, -0.2) is 4.79 Å². The van der Waals surface area contributed by atoms with Crippen LogP contribution in [0.5, 0.6) is 11.5 Å². The van der Waals surface area contributed by atoms with E-state index in [0.717, 1.165) is 12.3 Å². The van der Waals surface area contributed by atoms with Crippen LogP contribution in [0.2, 0.25) is 0 Å². The van der Waals surface area contributed by atoms with Gasteiger partial charge < -0.3 is 14.2 Å². The molecule has 0 atom stereocenters. The number of nitro groups is 1. The summed E-state index contributed by atoms with van der Waals surface area (Å²) in [4.78, 5) is 21.1. The maximum absolute atomic E-state index is 11.0. The molecule has 1 rings (SSSR count). The molecule has 19 heavy (non-hydrogen) atoms. The third-order valence-electron chi connectivity index (χ3n) is 2.01. The van der Waals surface area contributed by atoms with Gasteiger partial charge in [-0.3, -0.25) is 10.1 Å². The van der Waals surface area contributed by atoms with Crippen LogP contribution in [0.3, 0.4) is 0 Å². The fraction of sp³-hybridized carbons (Fsp3) is 0.250. The lowest BCUT2D eigenvalue weighted by Crippen LogP contribution is -1.99. The minimum atomic E-state index is -0.565. The molecule has 0 unspecified atom stereocenters. The Morgan fingerprint density at radius 2 is 2.05 bits per heavy atom. The number of nitrogens with zero attached hydrogens (tertiary/aromatic N) is 1. The van der Waals surface area contributed by atoms with Crippen LogP contribution in [0.15, 0.2) is 30.5 Å². The van der Waals surface area contributed by atoms with Crippen molar-refractivity contribution >= 4 is 11.7 Å². The first-order valence-corrected chi connectivity index (χ1v) is 5.40. The van der Waals surface area contributed by atoms with Gasteiger partial charge in [-0.1, -0.05) is 0 Å². The van der Waals surface area contributed by atoms with E-state index < -0.39 is 10.9 Å². The molecule has 7 heteroatoms. The van der Waals surface area contributed by atoms with Crippen LogP contribution >= 0.6 is 0 Å². The van der Waals surface area contributed by atoms with Crippen molar-refractivity contribution in [1.29, 1.82) is 0 Å². The summed E-state index contributed by atoms with van der Waals surface area (Å²) in [5.74, 6) is -0.0831.